The van der Waals surface area contributed by atoms with Crippen molar-refractivity contribution in [1.29, 1.82) is 0 Å². The number of ketones is 1. The molecule has 4 heteroatoms. The molecule has 0 N–H and O–H groups in total. The van der Waals surface area contributed by atoms with Crippen LogP contribution in [0.15, 0.2) is 30.5 Å². The Balaban J connectivity index is 1.95. The zero-order valence-corrected chi connectivity index (χ0v) is 10.8. The van der Waals surface area contributed by atoms with Crippen molar-refractivity contribution >= 4 is 5.78 Å². The fourth-order valence-corrected chi connectivity index (χ4v) is 2.36. The van der Waals surface area contributed by atoms with Crippen LogP contribution in [0.2, 0.25) is 0 Å². The smallest absolute Gasteiger partial charge is 0.163 e. The van der Waals surface area contributed by atoms with Gasteiger partial charge in [-0.1, -0.05) is 6.07 Å². The van der Waals surface area contributed by atoms with E-state index in [4.69, 9.17) is 14.2 Å². The summed E-state index contributed by atoms with van der Waals surface area (Å²) in [4.78, 5) is 11.6. The van der Waals surface area contributed by atoms with Crippen LogP contribution in [0, 0.1) is 0 Å². The van der Waals surface area contributed by atoms with Crippen molar-refractivity contribution < 1.29 is 19.0 Å². The summed E-state index contributed by atoms with van der Waals surface area (Å²) in [6.07, 6.45) is 4.14. The second-order valence-electron chi connectivity index (χ2n) is 5.01. The molecule has 2 aliphatic heterocycles. The van der Waals surface area contributed by atoms with Crippen LogP contribution in [0.1, 0.15) is 25.3 Å². The van der Waals surface area contributed by atoms with Crippen LogP contribution in [0.25, 0.3) is 0 Å². The lowest BCUT2D eigenvalue weighted by Crippen LogP contribution is -2.29. The van der Waals surface area contributed by atoms with Crippen molar-refractivity contribution in [1.82, 2.24) is 0 Å². The van der Waals surface area contributed by atoms with Crippen LogP contribution in [-0.4, -0.2) is 19.0 Å². The Morgan fingerprint density at radius 2 is 1.95 bits per heavy atom. The third-order valence-electron chi connectivity index (χ3n) is 3.45. The van der Waals surface area contributed by atoms with Crippen molar-refractivity contribution in [2.45, 2.75) is 25.4 Å². The minimum atomic E-state index is -0.628. The first-order valence-corrected chi connectivity index (χ1v) is 6.45. The number of ether oxygens (including phenoxy) is 3. The lowest BCUT2D eigenvalue weighted by molar-refractivity contribution is -0.122. The standard InChI is InChI=1S/C15H16O4/c1-15(10-12(16)5-8-19-15)11-3-4-13-14(9-11)18-7-2-6-17-13/h3-5,8-9H,2,6-7,10H2,1H3. The molecule has 0 aliphatic carbocycles. The zero-order chi connectivity index (χ0) is 13.3. The predicted molar refractivity (Wildman–Crippen MR) is 69.3 cm³/mol. The maximum Gasteiger partial charge on any atom is 0.163 e. The van der Waals surface area contributed by atoms with Crippen LogP contribution in [0.5, 0.6) is 11.5 Å². The van der Waals surface area contributed by atoms with Crippen LogP contribution in [0.4, 0.5) is 0 Å². The fourth-order valence-electron chi connectivity index (χ4n) is 2.36. The zero-order valence-electron chi connectivity index (χ0n) is 10.8. The number of allylic oxidation sites excluding steroid dienone is 1. The molecule has 100 valence electrons. The summed E-state index contributed by atoms with van der Waals surface area (Å²) in [5, 5.41) is 0. The van der Waals surface area contributed by atoms with Crippen LogP contribution < -0.4 is 9.47 Å². The Kier molecular flexibility index (Phi) is 2.93. The highest BCUT2D eigenvalue weighted by atomic mass is 16.5. The molecule has 1 aromatic carbocycles. The first-order chi connectivity index (χ1) is 9.17. The average molecular weight is 260 g/mol. The largest absolute Gasteiger partial charge is 0.490 e. The van der Waals surface area contributed by atoms with E-state index in [2.05, 4.69) is 0 Å². The van der Waals surface area contributed by atoms with Gasteiger partial charge in [-0.25, -0.2) is 0 Å². The Labute approximate surface area is 112 Å². The van der Waals surface area contributed by atoms with Gasteiger partial charge in [0.1, 0.15) is 5.60 Å². The molecule has 0 fully saturated rings. The van der Waals surface area contributed by atoms with Gasteiger partial charge in [-0.2, -0.15) is 0 Å². The first-order valence-electron chi connectivity index (χ1n) is 6.45. The number of carbonyl (C=O) groups excluding carboxylic acids is 1. The van der Waals surface area contributed by atoms with E-state index in [1.807, 2.05) is 25.1 Å². The van der Waals surface area contributed by atoms with Gasteiger partial charge in [-0.15, -0.1) is 0 Å². The molecule has 0 aromatic heterocycles. The molecule has 0 saturated carbocycles. The summed E-state index contributed by atoms with van der Waals surface area (Å²) in [6.45, 7) is 3.22. The van der Waals surface area contributed by atoms with Crippen molar-refractivity contribution in [2.24, 2.45) is 0 Å². The Morgan fingerprint density at radius 1 is 1.16 bits per heavy atom. The molecule has 2 heterocycles. The van der Waals surface area contributed by atoms with E-state index in [0.717, 1.165) is 23.5 Å². The van der Waals surface area contributed by atoms with Gasteiger partial charge in [0.05, 0.1) is 25.9 Å². The van der Waals surface area contributed by atoms with E-state index >= 15 is 0 Å². The molecule has 1 unspecified atom stereocenters. The molecule has 19 heavy (non-hydrogen) atoms. The van der Waals surface area contributed by atoms with Gasteiger partial charge in [-0.3, -0.25) is 4.79 Å². The van der Waals surface area contributed by atoms with Gasteiger partial charge < -0.3 is 14.2 Å². The number of benzene rings is 1. The van der Waals surface area contributed by atoms with Gasteiger partial charge in [-0.05, 0) is 24.6 Å². The number of rotatable bonds is 1. The van der Waals surface area contributed by atoms with E-state index in [-0.39, 0.29) is 5.78 Å². The summed E-state index contributed by atoms with van der Waals surface area (Å²) in [5.41, 5.74) is 0.297. The second kappa shape index (κ2) is 4.61. The number of hydrogen-bond donors (Lipinski definition) is 0. The van der Waals surface area contributed by atoms with Gasteiger partial charge in [0.15, 0.2) is 17.3 Å². The van der Waals surface area contributed by atoms with Crippen molar-refractivity contribution in [3.63, 3.8) is 0 Å². The Bertz CT molecular complexity index is 535. The van der Waals surface area contributed by atoms with Gasteiger partial charge >= 0.3 is 0 Å². The molecular weight excluding hydrogens is 244 g/mol. The summed E-state index contributed by atoms with van der Waals surface area (Å²) in [5.74, 6) is 1.55. The summed E-state index contributed by atoms with van der Waals surface area (Å²) < 4.78 is 16.9. The molecule has 3 rings (SSSR count). The van der Waals surface area contributed by atoms with Gasteiger partial charge in [0.2, 0.25) is 0 Å². The molecule has 0 bridgehead atoms. The Hall–Kier alpha value is -1.97. The quantitative estimate of drug-likeness (QED) is 0.778. The van der Waals surface area contributed by atoms with E-state index in [9.17, 15) is 4.79 Å². The maximum atomic E-state index is 11.6. The highest BCUT2D eigenvalue weighted by Gasteiger charge is 2.33. The molecule has 0 spiro atoms. The molecule has 1 aromatic rings. The normalized spacial score (nSPS) is 25.6. The monoisotopic (exact) mass is 260 g/mol. The molecule has 0 amide bonds. The molecule has 0 radical (unpaired) electrons. The predicted octanol–water partition coefficient (Wildman–Crippen LogP) is 2.57. The highest BCUT2D eigenvalue weighted by molar-refractivity contribution is 5.91. The minimum Gasteiger partial charge on any atom is -0.490 e. The van der Waals surface area contributed by atoms with Crippen LogP contribution >= 0.6 is 0 Å². The van der Waals surface area contributed by atoms with E-state index in [1.165, 1.54) is 12.3 Å². The third kappa shape index (κ3) is 2.30. The second-order valence-corrected chi connectivity index (χ2v) is 5.01. The van der Waals surface area contributed by atoms with Crippen LogP contribution in [0.3, 0.4) is 0 Å². The lowest BCUT2D eigenvalue weighted by atomic mass is 9.89. The average Bonchev–Trinajstić information content (AvgIpc) is 2.62. The number of fused-ring (bicyclic) bond motifs is 1. The topological polar surface area (TPSA) is 44.8 Å². The molecular formula is C15H16O4. The van der Waals surface area contributed by atoms with E-state index in [1.54, 1.807) is 0 Å². The van der Waals surface area contributed by atoms with Crippen molar-refractivity contribution in [2.75, 3.05) is 13.2 Å². The SMILES string of the molecule is CC1(c2ccc3c(c2)OCCCO3)CC(=O)C=CO1. The molecule has 1 atom stereocenters. The van der Waals surface area contributed by atoms with Crippen molar-refractivity contribution in [3.05, 3.63) is 36.1 Å². The summed E-state index contributed by atoms with van der Waals surface area (Å²) in [6, 6.07) is 5.72. The number of hydrogen-bond acceptors (Lipinski definition) is 4. The minimum absolute atomic E-state index is 0.0702. The van der Waals surface area contributed by atoms with E-state index < -0.39 is 5.60 Å². The maximum absolute atomic E-state index is 11.6. The van der Waals surface area contributed by atoms with Gasteiger partial charge in [0.25, 0.3) is 0 Å². The Morgan fingerprint density at radius 3 is 2.74 bits per heavy atom. The first kappa shape index (κ1) is 12.1. The summed E-state index contributed by atoms with van der Waals surface area (Å²) >= 11 is 0. The molecule has 4 nitrogen and oxygen atoms in total. The fraction of sp³-hybridized carbons (Fsp3) is 0.400. The van der Waals surface area contributed by atoms with Crippen molar-refractivity contribution in [3.8, 4) is 11.5 Å². The lowest BCUT2D eigenvalue weighted by Gasteiger charge is -2.31. The molecule has 2 aliphatic rings. The van der Waals surface area contributed by atoms with Gasteiger partial charge in [0, 0.05) is 12.5 Å². The summed E-state index contributed by atoms with van der Waals surface area (Å²) in [7, 11) is 0. The number of carbonyl (C=O) groups is 1. The molecule has 0 saturated heterocycles. The van der Waals surface area contributed by atoms with Crippen LogP contribution in [-0.2, 0) is 15.1 Å². The highest BCUT2D eigenvalue weighted by Crippen LogP contribution is 2.38. The van der Waals surface area contributed by atoms with E-state index in [0.29, 0.717) is 19.6 Å². The third-order valence-corrected chi connectivity index (χ3v) is 3.45.